The molecule has 7 nitrogen and oxygen atoms in total. The second-order valence-electron chi connectivity index (χ2n) is 7.63. The number of aromatic amines is 1. The third-order valence-corrected chi connectivity index (χ3v) is 5.57. The highest BCUT2D eigenvalue weighted by molar-refractivity contribution is 5.92. The molecule has 0 atom stereocenters. The summed E-state index contributed by atoms with van der Waals surface area (Å²) in [5, 5.41) is 4.59. The number of hydrogen-bond acceptors (Lipinski definition) is 4. The first-order chi connectivity index (χ1) is 14.7. The van der Waals surface area contributed by atoms with Crippen molar-refractivity contribution in [3.05, 3.63) is 72.1 Å². The van der Waals surface area contributed by atoms with Crippen LogP contribution in [0.1, 0.15) is 22.6 Å². The first-order valence-corrected chi connectivity index (χ1v) is 10.3. The third kappa shape index (κ3) is 3.43. The van der Waals surface area contributed by atoms with Gasteiger partial charge in [0.05, 0.1) is 16.7 Å². The van der Waals surface area contributed by atoms with Crippen molar-refractivity contribution in [1.82, 2.24) is 24.6 Å². The highest BCUT2D eigenvalue weighted by Crippen LogP contribution is 2.19. The Morgan fingerprint density at radius 3 is 2.60 bits per heavy atom. The van der Waals surface area contributed by atoms with Crippen LogP contribution in [0.3, 0.4) is 0 Å². The SMILES string of the molecule is Cc1cc(C(=O)N2CCCN(c3nc4ccccc4[nH]3)CC2)nn1-c1ccccc1. The molecule has 5 rings (SSSR count). The van der Waals surface area contributed by atoms with Gasteiger partial charge < -0.3 is 14.8 Å². The highest BCUT2D eigenvalue weighted by Gasteiger charge is 2.24. The number of benzene rings is 2. The molecule has 30 heavy (non-hydrogen) atoms. The van der Waals surface area contributed by atoms with Crippen molar-refractivity contribution in [3.63, 3.8) is 0 Å². The van der Waals surface area contributed by atoms with Gasteiger partial charge in [-0.1, -0.05) is 30.3 Å². The van der Waals surface area contributed by atoms with Crippen LogP contribution < -0.4 is 4.90 Å². The predicted octanol–water partition coefficient (Wildman–Crippen LogP) is 3.41. The number of H-pyrrole nitrogens is 1. The van der Waals surface area contributed by atoms with E-state index in [0.29, 0.717) is 18.8 Å². The fourth-order valence-electron chi connectivity index (χ4n) is 3.99. The zero-order valence-corrected chi connectivity index (χ0v) is 17.0. The number of amides is 1. The molecule has 2 aromatic heterocycles. The van der Waals surface area contributed by atoms with Gasteiger partial charge in [0, 0.05) is 31.9 Å². The van der Waals surface area contributed by atoms with Gasteiger partial charge in [-0.15, -0.1) is 0 Å². The van der Waals surface area contributed by atoms with Crippen molar-refractivity contribution < 1.29 is 4.79 Å². The fourth-order valence-corrected chi connectivity index (χ4v) is 3.99. The Labute approximate surface area is 174 Å². The van der Waals surface area contributed by atoms with Crippen LogP contribution in [0.25, 0.3) is 16.7 Å². The molecule has 2 aromatic carbocycles. The second-order valence-corrected chi connectivity index (χ2v) is 7.63. The molecule has 7 heteroatoms. The summed E-state index contributed by atoms with van der Waals surface area (Å²) in [6, 6.07) is 19.8. The molecular weight excluding hydrogens is 376 g/mol. The Bertz CT molecular complexity index is 1150. The molecule has 0 spiro atoms. The number of para-hydroxylation sites is 3. The molecule has 3 heterocycles. The van der Waals surface area contributed by atoms with Crippen LogP contribution >= 0.6 is 0 Å². The largest absolute Gasteiger partial charge is 0.341 e. The minimum Gasteiger partial charge on any atom is -0.341 e. The predicted molar refractivity (Wildman–Crippen MR) is 117 cm³/mol. The monoisotopic (exact) mass is 400 g/mol. The van der Waals surface area contributed by atoms with Gasteiger partial charge in [0.1, 0.15) is 0 Å². The normalized spacial score (nSPS) is 14.8. The third-order valence-electron chi connectivity index (χ3n) is 5.57. The van der Waals surface area contributed by atoms with Gasteiger partial charge in [0.15, 0.2) is 5.69 Å². The van der Waals surface area contributed by atoms with E-state index in [1.54, 1.807) is 0 Å². The summed E-state index contributed by atoms with van der Waals surface area (Å²) in [5.41, 5.74) is 4.40. The number of carbonyl (C=O) groups is 1. The number of imidazole rings is 1. The maximum absolute atomic E-state index is 13.1. The van der Waals surface area contributed by atoms with E-state index >= 15 is 0 Å². The van der Waals surface area contributed by atoms with Crippen molar-refractivity contribution in [3.8, 4) is 5.69 Å². The van der Waals surface area contributed by atoms with Crippen LogP contribution in [0, 0.1) is 6.92 Å². The molecule has 0 aliphatic carbocycles. The van der Waals surface area contributed by atoms with Gasteiger partial charge in [-0.2, -0.15) is 5.10 Å². The Hall–Kier alpha value is -3.61. The topological polar surface area (TPSA) is 70.1 Å². The zero-order chi connectivity index (χ0) is 20.5. The van der Waals surface area contributed by atoms with Gasteiger partial charge in [0.25, 0.3) is 5.91 Å². The molecule has 0 saturated carbocycles. The number of anilines is 1. The summed E-state index contributed by atoms with van der Waals surface area (Å²) in [5.74, 6) is 0.855. The van der Waals surface area contributed by atoms with Crippen molar-refractivity contribution in [2.24, 2.45) is 0 Å². The Kier molecular flexibility index (Phi) is 4.71. The number of nitrogens with zero attached hydrogens (tertiary/aromatic N) is 5. The maximum atomic E-state index is 13.1. The fraction of sp³-hybridized carbons (Fsp3) is 0.261. The lowest BCUT2D eigenvalue weighted by Crippen LogP contribution is -2.35. The minimum absolute atomic E-state index is 0.0146. The summed E-state index contributed by atoms with van der Waals surface area (Å²) in [6.07, 6.45) is 0.890. The number of aryl methyl sites for hydroxylation is 1. The minimum atomic E-state index is -0.0146. The molecule has 1 fully saturated rings. The van der Waals surface area contributed by atoms with Gasteiger partial charge in [0.2, 0.25) is 5.95 Å². The molecule has 0 unspecified atom stereocenters. The maximum Gasteiger partial charge on any atom is 0.274 e. The van der Waals surface area contributed by atoms with E-state index in [0.717, 1.165) is 47.9 Å². The second kappa shape index (κ2) is 7.67. The average Bonchev–Trinajstić information content (AvgIpc) is 3.29. The van der Waals surface area contributed by atoms with Crippen LogP contribution in [0.4, 0.5) is 5.95 Å². The quantitative estimate of drug-likeness (QED) is 0.572. The lowest BCUT2D eigenvalue weighted by Gasteiger charge is -2.21. The summed E-state index contributed by atoms with van der Waals surface area (Å²) >= 11 is 0. The number of fused-ring (bicyclic) bond motifs is 1. The zero-order valence-electron chi connectivity index (χ0n) is 17.0. The summed E-state index contributed by atoms with van der Waals surface area (Å²) < 4.78 is 1.83. The molecular formula is C23H24N6O. The van der Waals surface area contributed by atoms with E-state index in [-0.39, 0.29) is 5.91 Å². The molecule has 1 saturated heterocycles. The van der Waals surface area contributed by atoms with Crippen molar-refractivity contribution >= 4 is 22.9 Å². The average molecular weight is 400 g/mol. The summed E-state index contributed by atoms with van der Waals surface area (Å²) in [4.78, 5) is 25.4. The van der Waals surface area contributed by atoms with Crippen LogP contribution in [-0.2, 0) is 0 Å². The summed E-state index contributed by atoms with van der Waals surface area (Å²) in [7, 11) is 0. The molecule has 0 radical (unpaired) electrons. The van der Waals surface area contributed by atoms with Crippen molar-refractivity contribution in [2.45, 2.75) is 13.3 Å². The van der Waals surface area contributed by atoms with Crippen LogP contribution in [-0.4, -0.2) is 56.7 Å². The van der Waals surface area contributed by atoms with E-state index in [4.69, 9.17) is 4.98 Å². The number of hydrogen-bond donors (Lipinski definition) is 1. The van der Waals surface area contributed by atoms with Crippen LogP contribution in [0.15, 0.2) is 60.7 Å². The molecule has 1 aliphatic rings. The number of rotatable bonds is 3. The highest BCUT2D eigenvalue weighted by atomic mass is 16.2. The molecule has 1 N–H and O–H groups in total. The van der Waals surface area contributed by atoms with E-state index < -0.39 is 0 Å². The lowest BCUT2D eigenvalue weighted by atomic mass is 10.3. The number of aromatic nitrogens is 4. The molecule has 4 aromatic rings. The van der Waals surface area contributed by atoms with Crippen LogP contribution in [0.2, 0.25) is 0 Å². The Morgan fingerprint density at radius 2 is 1.77 bits per heavy atom. The number of nitrogens with one attached hydrogen (secondary N) is 1. The van der Waals surface area contributed by atoms with E-state index in [1.807, 2.05) is 77.2 Å². The smallest absolute Gasteiger partial charge is 0.274 e. The van der Waals surface area contributed by atoms with Gasteiger partial charge in [-0.05, 0) is 43.7 Å². The van der Waals surface area contributed by atoms with E-state index in [2.05, 4.69) is 15.0 Å². The van der Waals surface area contributed by atoms with E-state index in [1.165, 1.54) is 0 Å². The van der Waals surface area contributed by atoms with Crippen molar-refractivity contribution in [1.29, 1.82) is 0 Å². The molecule has 0 bridgehead atoms. The Morgan fingerprint density at radius 1 is 0.967 bits per heavy atom. The van der Waals surface area contributed by atoms with Crippen molar-refractivity contribution in [2.75, 3.05) is 31.1 Å². The van der Waals surface area contributed by atoms with Gasteiger partial charge >= 0.3 is 0 Å². The standard InChI is InChI=1S/C23H24N6O/c1-17-16-21(26-29(17)18-8-3-2-4-9-18)22(30)27-12-7-13-28(15-14-27)23-24-19-10-5-6-11-20(19)25-23/h2-6,8-11,16H,7,12-15H2,1H3,(H,24,25). The molecule has 1 aliphatic heterocycles. The summed E-state index contributed by atoms with van der Waals surface area (Å²) in [6.45, 7) is 4.94. The van der Waals surface area contributed by atoms with Gasteiger partial charge in [-0.25, -0.2) is 9.67 Å². The lowest BCUT2D eigenvalue weighted by molar-refractivity contribution is 0.0760. The van der Waals surface area contributed by atoms with Crippen LogP contribution in [0.5, 0.6) is 0 Å². The van der Waals surface area contributed by atoms with E-state index in [9.17, 15) is 4.79 Å². The number of carbonyl (C=O) groups excluding carboxylic acids is 1. The first kappa shape index (κ1) is 18.4. The first-order valence-electron chi connectivity index (χ1n) is 10.3. The molecule has 1 amide bonds. The molecule has 152 valence electrons. The Balaban J connectivity index is 1.32. The van der Waals surface area contributed by atoms with Gasteiger partial charge in [-0.3, -0.25) is 4.79 Å².